The van der Waals surface area contributed by atoms with E-state index in [-0.39, 0.29) is 5.97 Å². The summed E-state index contributed by atoms with van der Waals surface area (Å²) in [5.41, 5.74) is 0.972. The van der Waals surface area contributed by atoms with Gasteiger partial charge in [0, 0.05) is 0 Å². The Morgan fingerprint density at radius 3 is 2.67 bits per heavy atom. The van der Waals surface area contributed by atoms with Gasteiger partial charge in [0.1, 0.15) is 0 Å². The molecule has 0 rings (SSSR count). The highest BCUT2D eigenvalue weighted by molar-refractivity contribution is 5.72. The van der Waals surface area contributed by atoms with Gasteiger partial charge in [-0.1, -0.05) is 36.5 Å². The lowest BCUT2D eigenvalue weighted by atomic mass is 10.2. The van der Waals surface area contributed by atoms with Crippen LogP contribution >= 0.6 is 0 Å². The lowest BCUT2D eigenvalue weighted by Crippen LogP contribution is -1.99. The molecule has 0 saturated heterocycles. The van der Waals surface area contributed by atoms with Crippen molar-refractivity contribution >= 4 is 5.97 Å². The number of ether oxygens (including phenoxy) is 1. The predicted octanol–water partition coefficient (Wildman–Crippen LogP) is 2.24. The molecular formula is C10H14O2. The van der Waals surface area contributed by atoms with Gasteiger partial charge >= 0.3 is 5.97 Å². The van der Waals surface area contributed by atoms with Gasteiger partial charge in [-0.2, -0.15) is 0 Å². The number of rotatable bonds is 4. The molecule has 0 bridgehead atoms. The molecule has 66 valence electrons. The highest BCUT2D eigenvalue weighted by atomic mass is 16.5. The molecule has 0 aliphatic rings. The van der Waals surface area contributed by atoms with Crippen LogP contribution in [-0.2, 0) is 9.53 Å². The number of allylic oxidation sites excluding steroid dienone is 4. The van der Waals surface area contributed by atoms with Crippen molar-refractivity contribution in [3.63, 3.8) is 0 Å². The zero-order valence-electron chi connectivity index (χ0n) is 7.54. The smallest absolute Gasteiger partial charge is 0.309 e. The van der Waals surface area contributed by atoms with Gasteiger partial charge in [0.15, 0.2) is 0 Å². The van der Waals surface area contributed by atoms with Crippen LogP contribution in [0.2, 0.25) is 0 Å². The number of hydrogen-bond donors (Lipinski definition) is 0. The Bertz CT molecular complexity index is 212. The van der Waals surface area contributed by atoms with E-state index in [9.17, 15) is 4.79 Å². The SMILES string of the molecule is C=C/C=C\C=C(/C)CC(=O)OC. The van der Waals surface area contributed by atoms with Crippen molar-refractivity contribution in [2.45, 2.75) is 13.3 Å². The molecule has 0 fully saturated rings. The van der Waals surface area contributed by atoms with Gasteiger partial charge in [-0.05, 0) is 6.92 Å². The average Bonchev–Trinajstić information content (AvgIpc) is 2.05. The van der Waals surface area contributed by atoms with Gasteiger partial charge in [-0.15, -0.1) is 0 Å². The number of carbonyl (C=O) groups excluding carboxylic acids is 1. The fourth-order valence-corrected chi connectivity index (χ4v) is 0.657. The van der Waals surface area contributed by atoms with Gasteiger partial charge in [-0.3, -0.25) is 4.79 Å². The molecular weight excluding hydrogens is 152 g/mol. The van der Waals surface area contributed by atoms with Crippen molar-refractivity contribution in [1.82, 2.24) is 0 Å². The van der Waals surface area contributed by atoms with Crippen molar-refractivity contribution < 1.29 is 9.53 Å². The maximum absolute atomic E-state index is 10.7. The Kier molecular flexibility index (Phi) is 5.70. The molecule has 0 unspecified atom stereocenters. The molecule has 0 amide bonds. The first-order valence-electron chi connectivity index (χ1n) is 3.72. The van der Waals surface area contributed by atoms with Crippen LogP contribution in [0.5, 0.6) is 0 Å². The van der Waals surface area contributed by atoms with Gasteiger partial charge in [-0.25, -0.2) is 0 Å². The summed E-state index contributed by atoms with van der Waals surface area (Å²) in [4.78, 5) is 10.7. The molecule has 0 saturated carbocycles. The van der Waals surface area contributed by atoms with Crippen LogP contribution in [0.3, 0.4) is 0 Å². The summed E-state index contributed by atoms with van der Waals surface area (Å²) in [6.45, 7) is 5.41. The molecule has 0 aromatic carbocycles. The molecule has 0 N–H and O–H groups in total. The second kappa shape index (κ2) is 6.40. The molecule has 0 aliphatic heterocycles. The molecule has 0 aliphatic carbocycles. The minimum atomic E-state index is -0.212. The van der Waals surface area contributed by atoms with Crippen molar-refractivity contribution in [3.8, 4) is 0 Å². The van der Waals surface area contributed by atoms with Crippen LogP contribution in [0, 0.1) is 0 Å². The first-order chi connectivity index (χ1) is 5.70. The lowest BCUT2D eigenvalue weighted by molar-refractivity contribution is -0.139. The Morgan fingerprint density at radius 2 is 2.17 bits per heavy atom. The van der Waals surface area contributed by atoms with Crippen LogP contribution in [0.15, 0.2) is 36.5 Å². The average molecular weight is 166 g/mol. The number of methoxy groups -OCH3 is 1. The van der Waals surface area contributed by atoms with E-state index >= 15 is 0 Å². The van der Waals surface area contributed by atoms with E-state index in [1.54, 1.807) is 12.2 Å². The zero-order chi connectivity index (χ0) is 9.40. The van der Waals surface area contributed by atoms with E-state index < -0.39 is 0 Å². The van der Waals surface area contributed by atoms with Crippen LogP contribution in [0.4, 0.5) is 0 Å². The second-order valence-corrected chi connectivity index (χ2v) is 2.39. The molecule has 2 heteroatoms. The third-order valence-corrected chi connectivity index (χ3v) is 1.28. The van der Waals surface area contributed by atoms with E-state index in [0.717, 1.165) is 5.57 Å². The van der Waals surface area contributed by atoms with E-state index in [2.05, 4.69) is 11.3 Å². The standard InChI is InChI=1S/C10H14O2/c1-4-5-6-7-9(2)8-10(11)12-3/h4-7H,1,8H2,2-3H3/b6-5-,9-7+. The number of carbonyl (C=O) groups is 1. The van der Waals surface area contributed by atoms with Gasteiger partial charge < -0.3 is 4.74 Å². The third kappa shape index (κ3) is 5.47. The van der Waals surface area contributed by atoms with Crippen molar-refractivity contribution in [2.24, 2.45) is 0 Å². The largest absolute Gasteiger partial charge is 0.469 e. The van der Waals surface area contributed by atoms with Crippen LogP contribution in [-0.4, -0.2) is 13.1 Å². The van der Waals surface area contributed by atoms with E-state index in [4.69, 9.17) is 0 Å². The number of esters is 1. The molecule has 2 nitrogen and oxygen atoms in total. The minimum Gasteiger partial charge on any atom is -0.469 e. The minimum absolute atomic E-state index is 0.212. The molecule has 12 heavy (non-hydrogen) atoms. The van der Waals surface area contributed by atoms with Crippen molar-refractivity contribution in [1.29, 1.82) is 0 Å². The zero-order valence-corrected chi connectivity index (χ0v) is 7.54. The molecule has 0 spiro atoms. The molecule has 0 heterocycles. The van der Waals surface area contributed by atoms with E-state index in [1.165, 1.54) is 7.11 Å². The van der Waals surface area contributed by atoms with Crippen molar-refractivity contribution in [3.05, 3.63) is 36.5 Å². The summed E-state index contributed by atoms with van der Waals surface area (Å²) in [6, 6.07) is 0. The summed E-state index contributed by atoms with van der Waals surface area (Å²) in [5.74, 6) is -0.212. The maximum atomic E-state index is 10.7. The fraction of sp³-hybridized carbons (Fsp3) is 0.300. The van der Waals surface area contributed by atoms with Crippen LogP contribution in [0.1, 0.15) is 13.3 Å². The quantitative estimate of drug-likeness (QED) is 0.473. The van der Waals surface area contributed by atoms with Crippen LogP contribution in [0.25, 0.3) is 0 Å². The Labute approximate surface area is 73.2 Å². The summed E-state index contributed by atoms with van der Waals surface area (Å²) in [6.07, 6.45) is 7.53. The molecule has 0 radical (unpaired) electrons. The monoisotopic (exact) mass is 166 g/mol. The summed E-state index contributed by atoms with van der Waals surface area (Å²) < 4.78 is 4.50. The summed E-state index contributed by atoms with van der Waals surface area (Å²) >= 11 is 0. The Hall–Kier alpha value is -1.31. The normalized spacial score (nSPS) is 11.7. The topological polar surface area (TPSA) is 26.3 Å². The highest BCUT2D eigenvalue weighted by Crippen LogP contribution is 2.00. The van der Waals surface area contributed by atoms with Gasteiger partial charge in [0.2, 0.25) is 0 Å². The Balaban J connectivity index is 3.93. The lowest BCUT2D eigenvalue weighted by Gasteiger charge is -1.96. The first-order valence-corrected chi connectivity index (χ1v) is 3.72. The first kappa shape index (κ1) is 10.7. The van der Waals surface area contributed by atoms with Crippen molar-refractivity contribution in [2.75, 3.05) is 7.11 Å². The van der Waals surface area contributed by atoms with E-state index in [1.807, 2.05) is 19.1 Å². The maximum Gasteiger partial charge on any atom is 0.309 e. The number of hydrogen-bond acceptors (Lipinski definition) is 2. The van der Waals surface area contributed by atoms with Crippen LogP contribution < -0.4 is 0 Å². The van der Waals surface area contributed by atoms with Gasteiger partial charge in [0.25, 0.3) is 0 Å². The third-order valence-electron chi connectivity index (χ3n) is 1.28. The fourth-order valence-electron chi connectivity index (χ4n) is 0.657. The molecule has 0 aromatic heterocycles. The predicted molar refractivity (Wildman–Crippen MR) is 49.7 cm³/mol. The highest BCUT2D eigenvalue weighted by Gasteiger charge is 1.98. The Morgan fingerprint density at radius 1 is 1.50 bits per heavy atom. The molecule has 0 atom stereocenters. The summed E-state index contributed by atoms with van der Waals surface area (Å²) in [5, 5.41) is 0. The van der Waals surface area contributed by atoms with E-state index in [0.29, 0.717) is 6.42 Å². The second-order valence-electron chi connectivity index (χ2n) is 2.39. The summed E-state index contributed by atoms with van der Waals surface area (Å²) in [7, 11) is 1.38. The molecule has 0 aromatic rings. The van der Waals surface area contributed by atoms with Gasteiger partial charge in [0.05, 0.1) is 13.5 Å².